The molecule has 0 spiro atoms. The summed E-state index contributed by atoms with van der Waals surface area (Å²) < 4.78 is 5.23. The molecule has 1 atom stereocenters. The van der Waals surface area contributed by atoms with Gasteiger partial charge in [-0.3, -0.25) is 0 Å². The third kappa shape index (κ3) is 4.91. The molecule has 1 fully saturated rings. The lowest BCUT2D eigenvalue weighted by Gasteiger charge is -2.23. The Hall–Kier alpha value is -1.30. The van der Waals surface area contributed by atoms with Gasteiger partial charge in [-0.2, -0.15) is 0 Å². The highest BCUT2D eigenvalue weighted by atomic mass is 16.5. The maximum atomic E-state index is 11.6. The van der Waals surface area contributed by atoms with Crippen molar-refractivity contribution in [2.75, 3.05) is 19.8 Å². The predicted molar refractivity (Wildman–Crippen MR) is 66.3 cm³/mol. The van der Waals surface area contributed by atoms with Crippen molar-refractivity contribution in [1.29, 1.82) is 0 Å². The summed E-state index contributed by atoms with van der Waals surface area (Å²) in [6.45, 7) is 5.56. The van der Waals surface area contributed by atoms with Gasteiger partial charge in [-0.1, -0.05) is 13.8 Å². The van der Waals surface area contributed by atoms with E-state index in [4.69, 9.17) is 9.84 Å². The molecule has 1 saturated heterocycles. The van der Waals surface area contributed by atoms with Crippen molar-refractivity contribution in [3.8, 4) is 0 Å². The number of ether oxygens (including phenoxy) is 1. The Morgan fingerprint density at radius 2 is 1.94 bits per heavy atom. The van der Waals surface area contributed by atoms with E-state index in [1.807, 2.05) is 0 Å². The molecule has 1 rings (SSSR count). The molecule has 0 radical (unpaired) electrons. The average molecular weight is 258 g/mol. The number of rotatable bonds is 5. The van der Waals surface area contributed by atoms with Gasteiger partial charge in [-0.15, -0.1) is 0 Å². The summed E-state index contributed by atoms with van der Waals surface area (Å²) in [5.74, 6) is -0.727. The smallest absolute Gasteiger partial charge is 0.326 e. The topological polar surface area (TPSA) is 87.7 Å². The zero-order valence-electron chi connectivity index (χ0n) is 10.9. The number of aliphatic carboxylic acids is 1. The summed E-state index contributed by atoms with van der Waals surface area (Å²) in [6.07, 6.45) is 1.87. The standard InChI is InChI=1S/C12H22N2O4/c1-8(2)10(11(15)16)14-12(17)13-7-9-3-5-18-6-4-9/h8-10H,3-7H2,1-2H3,(H,15,16)(H2,13,14,17). The lowest BCUT2D eigenvalue weighted by atomic mass is 10.0. The van der Waals surface area contributed by atoms with Crippen molar-refractivity contribution >= 4 is 12.0 Å². The highest BCUT2D eigenvalue weighted by Gasteiger charge is 2.23. The van der Waals surface area contributed by atoms with Crippen LogP contribution < -0.4 is 10.6 Å². The Morgan fingerprint density at radius 3 is 2.44 bits per heavy atom. The Balaban J connectivity index is 2.29. The van der Waals surface area contributed by atoms with Gasteiger partial charge in [0, 0.05) is 19.8 Å². The number of hydrogen-bond acceptors (Lipinski definition) is 3. The summed E-state index contributed by atoms with van der Waals surface area (Å²) in [5, 5.41) is 14.1. The first-order valence-corrected chi connectivity index (χ1v) is 6.35. The first kappa shape index (κ1) is 14.8. The largest absolute Gasteiger partial charge is 0.480 e. The molecule has 0 bridgehead atoms. The third-order valence-electron chi connectivity index (χ3n) is 3.11. The fourth-order valence-electron chi connectivity index (χ4n) is 1.89. The van der Waals surface area contributed by atoms with Gasteiger partial charge >= 0.3 is 12.0 Å². The molecule has 6 nitrogen and oxygen atoms in total. The van der Waals surface area contributed by atoms with Gasteiger partial charge < -0.3 is 20.5 Å². The fraction of sp³-hybridized carbons (Fsp3) is 0.833. The zero-order valence-corrected chi connectivity index (χ0v) is 10.9. The minimum absolute atomic E-state index is 0.142. The molecule has 0 aromatic heterocycles. The molecule has 0 aromatic carbocycles. The predicted octanol–water partition coefficient (Wildman–Crippen LogP) is 0.821. The molecular weight excluding hydrogens is 236 g/mol. The lowest BCUT2D eigenvalue weighted by molar-refractivity contribution is -0.140. The summed E-state index contributed by atoms with van der Waals surface area (Å²) in [7, 11) is 0. The second-order valence-corrected chi connectivity index (χ2v) is 4.97. The van der Waals surface area contributed by atoms with E-state index in [1.165, 1.54) is 0 Å². The molecular formula is C12H22N2O4. The number of carbonyl (C=O) groups is 2. The first-order valence-electron chi connectivity index (χ1n) is 6.35. The maximum absolute atomic E-state index is 11.6. The van der Waals surface area contributed by atoms with E-state index in [0.717, 1.165) is 26.1 Å². The summed E-state index contributed by atoms with van der Waals surface area (Å²) in [4.78, 5) is 22.5. The Morgan fingerprint density at radius 1 is 1.33 bits per heavy atom. The van der Waals surface area contributed by atoms with Crippen LogP contribution >= 0.6 is 0 Å². The van der Waals surface area contributed by atoms with E-state index in [1.54, 1.807) is 13.8 Å². The highest BCUT2D eigenvalue weighted by molar-refractivity contribution is 5.82. The van der Waals surface area contributed by atoms with Gasteiger partial charge in [0.25, 0.3) is 0 Å². The number of hydrogen-bond donors (Lipinski definition) is 3. The first-order chi connectivity index (χ1) is 8.50. The van der Waals surface area contributed by atoms with Crippen LogP contribution in [-0.2, 0) is 9.53 Å². The van der Waals surface area contributed by atoms with E-state index < -0.39 is 18.0 Å². The number of nitrogens with one attached hydrogen (secondary N) is 2. The van der Waals surface area contributed by atoms with Crippen LogP contribution in [0.1, 0.15) is 26.7 Å². The van der Waals surface area contributed by atoms with Crippen LogP contribution in [0.2, 0.25) is 0 Å². The van der Waals surface area contributed by atoms with Crippen molar-refractivity contribution in [3.63, 3.8) is 0 Å². The minimum atomic E-state index is -1.01. The molecule has 1 aliphatic heterocycles. The van der Waals surface area contributed by atoms with Gasteiger partial charge in [0.1, 0.15) is 6.04 Å². The van der Waals surface area contributed by atoms with Gasteiger partial charge in [0.2, 0.25) is 0 Å². The zero-order chi connectivity index (χ0) is 13.5. The SMILES string of the molecule is CC(C)C(NC(=O)NCC1CCOCC1)C(=O)O. The molecule has 0 saturated carbocycles. The van der Waals surface area contributed by atoms with Crippen molar-refractivity contribution in [2.24, 2.45) is 11.8 Å². The molecule has 1 unspecified atom stereocenters. The van der Waals surface area contributed by atoms with Gasteiger partial charge in [0.15, 0.2) is 0 Å². The molecule has 18 heavy (non-hydrogen) atoms. The maximum Gasteiger partial charge on any atom is 0.326 e. The molecule has 1 aliphatic rings. The molecule has 0 aromatic rings. The molecule has 2 amide bonds. The van der Waals surface area contributed by atoms with Gasteiger partial charge in [-0.05, 0) is 24.7 Å². The Bertz CT molecular complexity index is 288. The Kier molecular flexibility index (Phi) is 5.91. The Labute approximate surface area is 107 Å². The van der Waals surface area contributed by atoms with Crippen LogP contribution in [0.5, 0.6) is 0 Å². The van der Waals surface area contributed by atoms with Crippen molar-refractivity contribution in [3.05, 3.63) is 0 Å². The highest BCUT2D eigenvalue weighted by Crippen LogP contribution is 2.13. The van der Waals surface area contributed by atoms with Crippen LogP contribution in [0.4, 0.5) is 4.79 Å². The number of urea groups is 1. The summed E-state index contributed by atoms with van der Waals surface area (Å²) >= 11 is 0. The van der Waals surface area contributed by atoms with Crippen LogP contribution in [0.15, 0.2) is 0 Å². The second-order valence-electron chi connectivity index (χ2n) is 4.97. The number of carbonyl (C=O) groups excluding carboxylic acids is 1. The molecule has 104 valence electrons. The summed E-state index contributed by atoms with van der Waals surface area (Å²) in [6, 6.07) is -1.26. The summed E-state index contributed by atoms with van der Waals surface area (Å²) in [5.41, 5.74) is 0. The molecule has 6 heteroatoms. The van der Waals surface area contributed by atoms with Crippen LogP contribution in [0, 0.1) is 11.8 Å². The normalized spacial score (nSPS) is 18.4. The van der Waals surface area contributed by atoms with Gasteiger partial charge in [-0.25, -0.2) is 9.59 Å². The van der Waals surface area contributed by atoms with E-state index in [-0.39, 0.29) is 5.92 Å². The van der Waals surface area contributed by atoms with Crippen LogP contribution in [0.3, 0.4) is 0 Å². The lowest BCUT2D eigenvalue weighted by Crippen LogP contribution is -2.49. The van der Waals surface area contributed by atoms with E-state index in [2.05, 4.69) is 10.6 Å². The van der Waals surface area contributed by atoms with Crippen LogP contribution in [-0.4, -0.2) is 42.9 Å². The molecule has 3 N–H and O–H groups in total. The number of carboxylic acid groups (broad SMARTS) is 1. The van der Waals surface area contributed by atoms with E-state index >= 15 is 0 Å². The van der Waals surface area contributed by atoms with E-state index in [9.17, 15) is 9.59 Å². The monoisotopic (exact) mass is 258 g/mol. The average Bonchev–Trinajstić information content (AvgIpc) is 2.34. The minimum Gasteiger partial charge on any atom is -0.480 e. The fourth-order valence-corrected chi connectivity index (χ4v) is 1.89. The van der Waals surface area contributed by atoms with Gasteiger partial charge in [0.05, 0.1) is 0 Å². The van der Waals surface area contributed by atoms with Crippen molar-refractivity contribution in [1.82, 2.24) is 10.6 Å². The van der Waals surface area contributed by atoms with E-state index in [0.29, 0.717) is 12.5 Å². The second kappa shape index (κ2) is 7.20. The molecule has 0 aliphatic carbocycles. The molecule has 1 heterocycles. The third-order valence-corrected chi connectivity index (χ3v) is 3.11. The number of carboxylic acids is 1. The van der Waals surface area contributed by atoms with Crippen molar-refractivity contribution < 1.29 is 19.4 Å². The number of amides is 2. The van der Waals surface area contributed by atoms with Crippen molar-refractivity contribution in [2.45, 2.75) is 32.7 Å². The quantitative estimate of drug-likeness (QED) is 0.681. The van der Waals surface area contributed by atoms with Crippen LogP contribution in [0.25, 0.3) is 0 Å².